The van der Waals surface area contributed by atoms with Gasteiger partial charge in [-0.15, -0.1) is 0 Å². The van der Waals surface area contributed by atoms with Gasteiger partial charge in [0.1, 0.15) is 5.75 Å². The van der Waals surface area contributed by atoms with Crippen LogP contribution in [0.2, 0.25) is 0 Å². The number of anilines is 2. The van der Waals surface area contributed by atoms with Gasteiger partial charge in [0, 0.05) is 24.3 Å². The summed E-state index contributed by atoms with van der Waals surface area (Å²) in [6, 6.07) is 12.9. The van der Waals surface area contributed by atoms with Crippen molar-refractivity contribution in [3.05, 3.63) is 53.6 Å². The lowest BCUT2D eigenvalue weighted by Gasteiger charge is -2.17. The number of hydrogen-bond donors (Lipinski definition) is 1. The molecule has 7 nitrogen and oxygen atoms in total. The Morgan fingerprint density at radius 2 is 1.77 bits per heavy atom. The van der Waals surface area contributed by atoms with E-state index in [9.17, 15) is 14.4 Å². The molecule has 3 rings (SSSR count). The van der Waals surface area contributed by atoms with Gasteiger partial charge in [-0.2, -0.15) is 0 Å². The molecule has 1 fully saturated rings. The predicted octanol–water partition coefficient (Wildman–Crippen LogP) is 3.63. The number of rotatable bonds is 8. The van der Waals surface area contributed by atoms with Gasteiger partial charge in [0.25, 0.3) is 5.91 Å². The standard InChI is InChI=1S/C24H28N2O5/c1-4-9-30-21-7-5-20(6-8-21)26-14-18(13-23(26)28)24(29)31-15-22(27)25-19-11-16(2)10-17(3)12-19/h5-8,10-12,18H,4,9,13-15H2,1-3H3,(H,25,27)/t18-/m1/s1. The average Bonchev–Trinajstić information content (AvgIpc) is 3.12. The van der Waals surface area contributed by atoms with Crippen molar-refractivity contribution in [2.75, 3.05) is 30.0 Å². The van der Waals surface area contributed by atoms with Gasteiger partial charge in [0.15, 0.2) is 6.61 Å². The highest BCUT2D eigenvalue weighted by Crippen LogP contribution is 2.27. The molecule has 1 atom stereocenters. The third-order valence-electron chi connectivity index (χ3n) is 4.93. The largest absolute Gasteiger partial charge is 0.494 e. The van der Waals surface area contributed by atoms with Crippen LogP contribution in [0.1, 0.15) is 30.9 Å². The van der Waals surface area contributed by atoms with E-state index in [0.717, 1.165) is 23.3 Å². The Bertz CT molecular complexity index is 935. The van der Waals surface area contributed by atoms with Crippen LogP contribution in [0.25, 0.3) is 0 Å². The number of carbonyl (C=O) groups is 3. The number of amides is 2. The van der Waals surface area contributed by atoms with Crippen LogP contribution in [0.3, 0.4) is 0 Å². The van der Waals surface area contributed by atoms with Crippen LogP contribution in [0.4, 0.5) is 11.4 Å². The molecule has 2 aromatic carbocycles. The van der Waals surface area contributed by atoms with Gasteiger partial charge < -0.3 is 19.7 Å². The first-order valence-electron chi connectivity index (χ1n) is 10.4. The summed E-state index contributed by atoms with van der Waals surface area (Å²) >= 11 is 0. The quantitative estimate of drug-likeness (QED) is 0.654. The molecule has 0 saturated carbocycles. The fraction of sp³-hybridized carbons (Fsp3) is 0.375. The summed E-state index contributed by atoms with van der Waals surface area (Å²) in [5.74, 6) is -0.971. The molecule has 31 heavy (non-hydrogen) atoms. The van der Waals surface area contributed by atoms with Crippen LogP contribution in [-0.2, 0) is 19.1 Å². The minimum atomic E-state index is -0.600. The molecule has 164 valence electrons. The van der Waals surface area contributed by atoms with Gasteiger partial charge in [-0.25, -0.2) is 0 Å². The van der Waals surface area contributed by atoms with Crippen molar-refractivity contribution in [3.8, 4) is 5.75 Å². The molecule has 1 heterocycles. The van der Waals surface area contributed by atoms with E-state index in [1.807, 2.05) is 39.0 Å². The molecule has 1 saturated heterocycles. The van der Waals surface area contributed by atoms with E-state index in [0.29, 0.717) is 18.0 Å². The monoisotopic (exact) mass is 424 g/mol. The minimum Gasteiger partial charge on any atom is -0.494 e. The number of nitrogens with zero attached hydrogens (tertiary/aromatic N) is 1. The number of ether oxygens (including phenoxy) is 2. The van der Waals surface area contributed by atoms with E-state index in [1.165, 1.54) is 0 Å². The van der Waals surface area contributed by atoms with Crippen LogP contribution in [0.15, 0.2) is 42.5 Å². The maximum absolute atomic E-state index is 12.4. The third-order valence-corrected chi connectivity index (χ3v) is 4.93. The second kappa shape index (κ2) is 10.1. The molecule has 0 spiro atoms. The molecular formula is C24H28N2O5. The lowest BCUT2D eigenvalue weighted by atomic mass is 10.1. The van der Waals surface area contributed by atoms with Gasteiger partial charge in [0.2, 0.25) is 5.91 Å². The van der Waals surface area contributed by atoms with Crippen molar-refractivity contribution < 1.29 is 23.9 Å². The molecule has 1 aliphatic rings. The highest BCUT2D eigenvalue weighted by molar-refractivity contribution is 6.00. The normalized spacial score (nSPS) is 15.6. The highest BCUT2D eigenvalue weighted by Gasteiger charge is 2.36. The first-order chi connectivity index (χ1) is 14.9. The first-order valence-corrected chi connectivity index (χ1v) is 10.4. The maximum Gasteiger partial charge on any atom is 0.311 e. The average molecular weight is 424 g/mol. The molecule has 2 aromatic rings. The van der Waals surface area contributed by atoms with E-state index in [2.05, 4.69) is 5.32 Å². The zero-order valence-electron chi connectivity index (χ0n) is 18.1. The van der Waals surface area contributed by atoms with Gasteiger partial charge in [-0.05, 0) is 67.8 Å². The zero-order chi connectivity index (χ0) is 22.4. The Kier molecular flexibility index (Phi) is 7.28. The van der Waals surface area contributed by atoms with E-state index in [1.54, 1.807) is 29.2 Å². The van der Waals surface area contributed by atoms with Crippen molar-refractivity contribution in [3.63, 3.8) is 0 Å². The summed E-state index contributed by atoms with van der Waals surface area (Å²) < 4.78 is 10.7. The number of nitrogens with one attached hydrogen (secondary N) is 1. The third kappa shape index (κ3) is 6.07. The topological polar surface area (TPSA) is 84.9 Å². The van der Waals surface area contributed by atoms with Crippen LogP contribution in [0.5, 0.6) is 5.75 Å². The maximum atomic E-state index is 12.4. The van der Waals surface area contributed by atoms with Gasteiger partial charge in [-0.3, -0.25) is 14.4 Å². The predicted molar refractivity (Wildman–Crippen MR) is 118 cm³/mol. The molecule has 0 aliphatic carbocycles. The van der Waals surface area contributed by atoms with Crippen molar-refractivity contribution in [2.24, 2.45) is 5.92 Å². The molecule has 0 radical (unpaired) electrons. The molecule has 7 heteroatoms. The molecule has 0 bridgehead atoms. The van der Waals surface area contributed by atoms with E-state index >= 15 is 0 Å². The van der Waals surface area contributed by atoms with Gasteiger partial charge in [0.05, 0.1) is 12.5 Å². The van der Waals surface area contributed by atoms with Crippen LogP contribution in [-0.4, -0.2) is 37.5 Å². The molecule has 2 amide bonds. The Labute approximate surface area is 182 Å². The SMILES string of the molecule is CCCOc1ccc(N2C[C@H](C(=O)OCC(=O)Nc3cc(C)cc(C)c3)CC2=O)cc1. The molecule has 0 unspecified atom stereocenters. The van der Waals surface area contributed by atoms with E-state index in [4.69, 9.17) is 9.47 Å². The van der Waals surface area contributed by atoms with E-state index < -0.39 is 17.8 Å². The van der Waals surface area contributed by atoms with E-state index in [-0.39, 0.29) is 25.5 Å². The molecule has 1 N–H and O–H groups in total. The highest BCUT2D eigenvalue weighted by atomic mass is 16.5. The Balaban J connectivity index is 1.51. The summed E-state index contributed by atoms with van der Waals surface area (Å²) in [7, 11) is 0. The van der Waals surface area contributed by atoms with Gasteiger partial charge in [-0.1, -0.05) is 13.0 Å². The van der Waals surface area contributed by atoms with Crippen molar-refractivity contribution >= 4 is 29.2 Å². The summed E-state index contributed by atoms with van der Waals surface area (Å²) in [5, 5.41) is 2.73. The van der Waals surface area contributed by atoms with Crippen LogP contribution >= 0.6 is 0 Å². The minimum absolute atomic E-state index is 0.0611. The summed E-state index contributed by atoms with van der Waals surface area (Å²) in [6.07, 6.45) is 0.977. The summed E-state index contributed by atoms with van der Waals surface area (Å²) in [6.45, 7) is 6.39. The lowest BCUT2D eigenvalue weighted by Crippen LogP contribution is -2.28. The van der Waals surface area contributed by atoms with Crippen molar-refractivity contribution in [1.82, 2.24) is 0 Å². The van der Waals surface area contributed by atoms with Crippen molar-refractivity contribution in [2.45, 2.75) is 33.6 Å². The summed E-state index contributed by atoms with van der Waals surface area (Å²) in [5.41, 5.74) is 3.42. The van der Waals surface area contributed by atoms with Crippen LogP contribution in [0, 0.1) is 19.8 Å². The van der Waals surface area contributed by atoms with Crippen LogP contribution < -0.4 is 15.0 Å². The fourth-order valence-corrected chi connectivity index (χ4v) is 3.56. The number of aryl methyl sites for hydroxylation is 2. The second-order valence-corrected chi connectivity index (χ2v) is 7.78. The number of carbonyl (C=O) groups excluding carboxylic acids is 3. The summed E-state index contributed by atoms with van der Waals surface area (Å²) in [4.78, 5) is 38.5. The second-order valence-electron chi connectivity index (χ2n) is 7.78. The number of benzene rings is 2. The Morgan fingerprint density at radius 3 is 2.42 bits per heavy atom. The molecule has 0 aromatic heterocycles. The zero-order valence-corrected chi connectivity index (χ0v) is 18.1. The Morgan fingerprint density at radius 1 is 1.10 bits per heavy atom. The molecular weight excluding hydrogens is 396 g/mol. The smallest absolute Gasteiger partial charge is 0.311 e. The van der Waals surface area contributed by atoms with Crippen molar-refractivity contribution in [1.29, 1.82) is 0 Å². The fourth-order valence-electron chi connectivity index (χ4n) is 3.56. The van der Waals surface area contributed by atoms with Gasteiger partial charge >= 0.3 is 5.97 Å². The lowest BCUT2D eigenvalue weighted by molar-refractivity contribution is -0.151. The molecule has 1 aliphatic heterocycles. The number of esters is 1. The number of hydrogen-bond acceptors (Lipinski definition) is 5. The Hall–Kier alpha value is -3.35. The first kappa shape index (κ1) is 22.3.